The molecule has 1 amide bonds. The van der Waals surface area contributed by atoms with Gasteiger partial charge in [0.1, 0.15) is 5.69 Å². The molecule has 82 valence electrons. The number of amides is 1. The van der Waals surface area contributed by atoms with Crippen molar-refractivity contribution in [3.05, 3.63) is 29.6 Å². The second-order valence-electron chi connectivity index (χ2n) is 3.07. The highest BCUT2D eigenvalue weighted by Gasteiger charge is 2.32. The number of pyridine rings is 1. The first kappa shape index (κ1) is 11.5. The second kappa shape index (κ2) is 3.88. The van der Waals surface area contributed by atoms with Gasteiger partial charge in [-0.3, -0.25) is 4.79 Å². The van der Waals surface area contributed by atoms with Crippen LogP contribution in [0, 0.1) is 0 Å². The van der Waals surface area contributed by atoms with E-state index in [1.807, 2.05) is 0 Å². The first-order valence-electron chi connectivity index (χ1n) is 4.16. The van der Waals surface area contributed by atoms with Crippen LogP contribution in [0.3, 0.4) is 0 Å². The van der Waals surface area contributed by atoms with Crippen molar-refractivity contribution in [2.45, 2.75) is 19.0 Å². The van der Waals surface area contributed by atoms with Crippen molar-refractivity contribution in [2.24, 2.45) is 5.73 Å². The van der Waals surface area contributed by atoms with E-state index in [-0.39, 0.29) is 5.69 Å². The Hall–Kier alpha value is -1.59. The van der Waals surface area contributed by atoms with Gasteiger partial charge >= 0.3 is 6.18 Å². The monoisotopic (exact) mass is 218 g/mol. The lowest BCUT2D eigenvalue weighted by Crippen LogP contribution is -2.20. The average Bonchev–Trinajstić information content (AvgIpc) is 2.15. The molecule has 6 heteroatoms. The van der Waals surface area contributed by atoms with Gasteiger partial charge in [-0.1, -0.05) is 6.07 Å². The van der Waals surface area contributed by atoms with E-state index in [9.17, 15) is 18.0 Å². The molecule has 0 saturated carbocycles. The normalized spacial score (nSPS) is 13.6. The molecule has 3 nitrogen and oxygen atoms in total. The minimum absolute atomic E-state index is 0.0253. The fourth-order valence-electron chi connectivity index (χ4n) is 0.996. The lowest BCUT2D eigenvalue weighted by molar-refractivity contribution is -0.141. The maximum Gasteiger partial charge on any atom is 0.433 e. The summed E-state index contributed by atoms with van der Waals surface area (Å²) in [7, 11) is 0. The number of carbonyl (C=O) groups excluding carboxylic acids is 1. The lowest BCUT2D eigenvalue weighted by Gasteiger charge is -2.10. The predicted molar refractivity (Wildman–Crippen MR) is 46.8 cm³/mol. The largest absolute Gasteiger partial charge is 0.433 e. The van der Waals surface area contributed by atoms with Crippen molar-refractivity contribution in [2.75, 3.05) is 0 Å². The third kappa shape index (κ3) is 2.68. The van der Waals surface area contributed by atoms with Crippen LogP contribution in [-0.2, 0) is 11.0 Å². The number of nitrogens with two attached hydrogens (primary N) is 1. The Kier molecular flexibility index (Phi) is 2.97. The van der Waals surface area contributed by atoms with Crippen LogP contribution in [0.4, 0.5) is 13.2 Å². The fraction of sp³-hybridized carbons (Fsp3) is 0.333. The standard InChI is InChI=1S/C9H9F3N2O/c1-5(8(13)15)6-3-2-4-7(14-6)9(10,11)12/h2-5H,1H3,(H2,13,15). The van der Waals surface area contributed by atoms with Crippen molar-refractivity contribution < 1.29 is 18.0 Å². The third-order valence-electron chi connectivity index (χ3n) is 1.93. The van der Waals surface area contributed by atoms with Crippen molar-refractivity contribution in [3.8, 4) is 0 Å². The number of hydrogen-bond acceptors (Lipinski definition) is 2. The zero-order valence-corrected chi connectivity index (χ0v) is 7.88. The molecular formula is C9H9F3N2O. The van der Waals surface area contributed by atoms with Gasteiger partial charge in [0.2, 0.25) is 5.91 Å². The maximum absolute atomic E-state index is 12.3. The van der Waals surface area contributed by atoms with Crippen LogP contribution < -0.4 is 5.73 Å². The Balaban J connectivity index is 3.08. The van der Waals surface area contributed by atoms with E-state index in [1.165, 1.54) is 19.1 Å². The van der Waals surface area contributed by atoms with Gasteiger partial charge in [0.15, 0.2) is 0 Å². The van der Waals surface area contributed by atoms with E-state index in [4.69, 9.17) is 5.73 Å². The van der Waals surface area contributed by atoms with Gasteiger partial charge in [-0.15, -0.1) is 0 Å². The summed E-state index contributed by atoms with van der Waals surface area (Å²) in [6.45, 7) is 1.41. The summed E-state index contributed by atoms with van der Waals surface area (Å²) in [5.41, 5.74) is 3.97. The molecule has 0 radical (unpaired) electrons. The Morgan fingerprint density at radius 1 is 1.47 bits per heavy atom. The average molecular weight is 218 g/mol. The zero-order valence-electron chi connectivity index (χ0n) is 7.88. The molecule has 0 aromatic carbocycles. The van der Waals surface area contributed by atoms with Crippen LogP contribution in [0.15, 0.2) is 18.2 Å². The fourth-order valence-corrected chi connectivity index (χ4v) is 0.996. The van der Waals surface area contributed by atoms with Crippen molar-refractivity contribution >= 4 is 5.91 Å². The Morgan fingerprint density at radius 2 is 2.07 bits per heavy atom. The van der Waals surface area contributed by atoms with E-state index in [0.29, 0.717) is 0 Å². The molecular weight excluding hydrogens is 209 g/mol. The van der Waals surface area contributed by atoms with Crippen molar-refractivity contribution in [1.82, 2.24) is 4.98 Å². The molecule has 0 spiro atoms. The maximum atomic E-state index is 12.3. The summed E-state index contributed by atoms with van der Waals surface area (Å²) >= 11 is 0. The second-order valence-corrected chi connectivity index (χ2v) is 3.07. The van der Waals surface area contributed by atoms with E-state index in [0.717, 1.165) is 6.07 Å². The number of aromatic nitrogens is 1. The summed E-state index contributed by atoms with van der Waals surface area (Å²) < 4.78 is 36.8. The summed E-state index contributed by atoms with van der Waals surface area (Å²) in [5, 5.41) is 0. The van der Waals surface area contributed by atoms with E-state index in [1.54, 1.807) is 0 Å². The predicted octanol–water partition coefficient (Wildman–Crippen LogP) is 1.69. The number of hydrogen-bond donors (Lipinski definition) is 1. The molecule has 1 aromatic rings. The summed E-state index contributed by atoms with van der Waals surface area (Å²) in [5.74, 6) is -1.53. The molecule has 1 aromatic heterocycles. The molecule has 1 rings (SSSR count). The van der Waals surface area contributed by atoms with Crippen LogP contribution in [0.1, 0.15) is 24.2 Å². The number of nitrogens with zero attached hydrogens (tertiary/aromatic N) is 1. The van der Waals surface area contributed by atoms with Crippen LogP contribution in [-0.4, -0.2) is 10.9 Å². The van der Waals surface area contributed by atoms with Gasteiger partial charge in [0.05, 0.1) is 11.6 Å². The number of alkyl halides is 3. The van der Waals surface area contributed by atoms with Gasteiger partial charge in [-0.05, 0) is 19.1 Å². The molecule has 1 unspecified atom stereocenters. The van der Waals surface area contributed by atoms with Gasteiger partial charge in [-0.2, -0.15) is 13.2 Å². The SMILES string of the molecule is CC(C(N)=O)c1cccc(C(F)(F)F)n1. The van der Waals surface area contributed by atoms with Crippen molar-refractivity contribution in [1.29, 1.82) is 0 Å². The highest BCUT2D eigenvalue weighted by Crippen LogP contribution is 2.28. The van der Waals surface area contributed by atoms with Gasteiger partial charge in [0.25, 0.3) is 0 Å². The summed E-state index contributed by atoms with van der Waals surface area (Å²) in [6, 6.07) is 3.38. The van der Waals surface area contributed by atoms with E-state index < -0.39 is 23.7 Å². The minimum Gasteiger partial charge on any atom is -0.369 e. The number of carbonyl (C=O) groups is 1. The number of primary amides is 1. The Bertz CT molecular complexity index is 376. The molecule has 0 fully saturated rings. The highest BCUT2D eigenvalue weighted by molar-refractivity contribution is 5.80. The van der Waals surface area contributed by atoms with Gasteiger partial charge in [0, 0.05) is 0 Å². The molecule has 1 heterocycles. The number of rotatable bonds is 2. The molecule has 0 saturated heterocycles. The van der Waals surface area contributed by atoms with Gasteiger partial charge < -0.3 is 5.73 Å². The zero-order chi connectivity index (χ0) is 11.6. The first-order valence-corrected chi connectivity index (χ1v) is 4.16. The lowest BCUT2D eigenvalue weighted by atomic mass is 10.1. The van der Waals surface area contributed by atoms with E-state index in [2.05, 4.69) is 4.98 Å². The van der Waals surface area contributed by atoms with Crippen LogP contribution in [0.25, 0.3) is 0 Å². The van der Waals surface area contributed by atoms with Gasteiger partial charge in [-0.25, -0.2) is 4.98 Å². The van der Waals surface area contributed by atoms with Crippen LogP contribution in [0.2, 0.25) is 0 Å². The summed E-state index contributed by atoms with van der Waals surface area (Å²) in [4.78, 5) is 14.1. The first-order chi connectivity index (χ1) is 6.82. The number of halogens is 3. The van der Waals surface area contributed by atoms with Crippen LogP contribution in [0.5, 0.6) is 0 Å². The molecule has 15 heavy (non-hydrogen) atoms. The highest BCUT2D eigenvalue weighted by atomic mass is 19.4. The molecule has 2 N–H and O–H groups in total. The van der Waals surface area contributed by atoms with Crippen LogP contribution >= 0.6 is 0 Å². The molecule has 0 aliphatic carbocycles. The third-order valence-corrected chi connectivity index (χ3v) is 1.93. The minimum atomic E-state index is -4.51. The quantitative estimate of drug-likeness (QED) is 0.821. The molecule has 0 aliphatic rings. The topological polar surface area (TPSA) is 56.0 Å². The smallest absolute Gasteiger partial charge is 0.369 e. The van der Waals surface area contributed by atoms with Crippen molar-refractivity contribution in [3.63, 3.8) is 0 Å². The Morgan fingerprint density at radius 3 is 2.53 bits per heavy atom. The molecule has 0 aliphatic heterocycles. The Labute approximate surface area is 84.1 Å². The molecule has 0 bridgehead atoms. The molecule has 1 atom stereocenters. The summed E-state index contributed by atoms with van der Waals surface area (Å²) in [6.07, 6.45) is -4.51. The van der Waals surface area contributed by atoms with E-state index >= 15 is 0 Å².